The monoisotopic (exact) mass is 336 g/mol. The summed E-state index contributed by atoms with van der Waals surface area (Å²) in [6, 6.07) is 0. The van der Waals surface area contributed by atoms with Crippen molar-refractivity contribution >= 4 is 0 Å². The molecule has 0 aromatic heterocycles. The summed E-state index contributed by atoms with van der Waals surface area (Å²) in [6.45, 7) is 7.30. The summed E-state index contributed by atoms with van der Waals surface area (Å²) < 4.78 is 15.0. The van der Waals surface area contributed by atoms with Crippen molar-refractivity contribution in [1.29, 1.82) is 0 Å². The number of unbranched alkanes of at least 4 members (excludes halogenated alkanes) is 7. The zero-order valence-electron chi connectivity index (χ0n) is 15.4. The average molecular weight is 337 g/mol. The molecule has 0 amide bonds. The highest BCUT2D eigenvalue weighted by Gasteiger charge is 1.90. The van der Waals surface area contributed by atoms with Gasteiger partial charge in [0.2, 0.25) is 0 Å². The minimum Gasteiger partial charge on any atom is -0.394 e. The number of ether oxygens (including phenoxy) is 3. The Morgan fingerprint density at radius 3 is 1.09 bits per heavy atom. The van der Waals surface area contributed by atoms with Crippen LogP contribution in [0.25, 0.3) is 0 Å². The first-order chi connectivity index (χ1) is 11.3. The SMILES string of the molecule is CCCCCCCCCC.OCCOCCOCCOCCO. The first-order valence-corrected chi connectivity index (χ1v) is 9.28. The van der Waals surface area contributed by atoms with Crippen molar-refractivity contribution in [3.63, 3.8) is 0 Å². The molecule has 0 aliphatic heterocycles. The molecular formula is C18H40O5. The summed E-state index contributed by atoms with van der Waals surface area (Å²) in [7, 11) is 0. The Kier molecular flexibility index (Phi) is 29.1. The van der Waals surface area contributed by atoms with Crippen molar-refractivity contribution in [2.45, 2.75) is 65.2 Å². The van der Waals surface area contributed by atoms with Gasteiger partial charge in [0, 0.05) is 0 Å². The number of hydrogen-bond donors (Lipinski definition) is 2. The van der Waals surface area contributed by atoms with Crippen LogP contribution in [0.5, 0.6) is 0 Å². The fourth-order valence-corrected chi connectivity index (χ4v) is 1.88. The molecule has 5 nitrogen and oxygen atoms in total. The van der Waals surface area contributed by atoms with Crippen molar-refractivity contribution in [2.24, 2.45) is 0 Å². The highest BCUT2D eigenvalue weighted by Crippen LogP contribution is 2.07. The Balaban J connectivity index is 0. The summed E-state index contributed by atoms with van der Waals surface area (Å²) in [5.41, 5.74) is 0. The molecule has 0 saturated carbocycles. The third kappa shape index (κ3) is 30.3. The van der Waals surface area contributed by atoms with Crippen LogP contribution in [0.15, 0.2) is 0 Å². The van der Waals surface area contributed by atoms with E-state index in [1.165, 1.54) is 51.4 Å². The lowest BCUT2D eigenvalue weighted by Gasteiger charge is -2.04. The van der Waals surface area contributed by atoms with Gasteiger partial charge >= 0.3 is 0 Å². The van der Waals surface area contributed by atoms with Gasteiger partial charge in [-0.15, -0.1) is 0 Å². The van der Waals surface area contributed by atoms with Crippen molar-refractivity contribution in [3.8, 4) is 0 Å². The van der Waals surface area contributed by atoms with Crippen molar-refractivity contribution in [2.75, 3.05) is 52.9 Å². The third-order valence-corrected chi connectivity index (χ3v) is 3.17. The topological polar surface area (TPSA) is 68.2 Å². The molecule has 0 saturated heterocycles. The second-order valence-electron chi connectivity index (χ2n) is 5.41. The lowest BCUT2D eigenvalue weighted by Crippen LogP contribution is -2.11. The maximum Gasteiger partial charge on any atom is 0.0701 e. The van der Waals surface area contributed by atoms with Gasteiger partial charge in [0.05, 0.1) is 52.9 Å². The van der Waals surface area contributed by atoms with Gasteiger partial charge in [-0.25, -0.2) is 0 Å². The number of rotatable bonds is 17. The van der Waals surface area contributed by atoms with E-state index < -0.39 is 0 Å². The second kappa shape index (κ2) is 26.7. The average Bonchev–Trinajstić information content (AvgIpc) is 2.57. The van der Waals surface area contributed by atoms with Crippen LogP contribution in [0.2, 0.25) is 0 Å². The molecule has 142 valence electrons. The maximum absolute atomic E-state index is 8.36. The maximum atomic E-state index is 8.36. The summed E-state index contributed by atoms with van der Waals surface area (Å²) in [4.78, 5) is 0. The van der Waals surface area contributed by atoms with Gasteiger partial charge in [0.25, 0.3) is 0 Å². The molecule has 0 aromatic carbocycles. The predicted octanol–water partition coefficient (Wildman–Crippen LogP) is 3.17. The van der Waals surface area contributed by atoms with Gasteiger partial charge < -0.3 is 24.4 Å². The van der Waals surface area contributed by atoms with E-state index in [9.17, 15) is 0 Å². The summed E-state index contributed by atoms with van der Waals surface area (Å²) in [5, 5.41) is 16.7. The molecule has 0 aromatic rings. The van der Waals surface area contributed by atoms with Crippen LogP contribution in [-0.4, -0.2) is 63.1 Å². The van der Waals surface area contributed by atoms with Crippen molar-refractivity contribution in [1.82, 2.24) is 0 Å². The van der Waals surface area contributed by atoms with E-state index in [1.54, 1.807) is 0 Å². The van der Waals surface area contributed by atoms with Gasteiger partial charge in [-0.2, -0.15) is 0 Å². The fourth-order valence-electron chi connectivity index (χ4n) is 1.88. The lowest BCUT2D eigenvalue weighted by molar-refractivity contribution is 0.00230. The van der Waals surface area contributed by atoms with E-state index in [4.69, 9.17) is 24.4 Å². The molecule has 0 rings (SSSR count). The van der Waals surface area contributed by atoms with Crippen LogP contribution in [0.1, 0.15) is 65.2 Å². The number of aliphatic hydroxyl groups is 2. The minimum atomic E-state index is 0.0413. The van der Waals surface area contributed by atoms with Gasteiger partial charge in [0.1, 0.15) is 0 Å². The predicted molar refractivity (Wildman–Crippen MR) is 94.9 cm³/mol. The van der Waals surface area contributed by atoms with Crippen LogP contribution >= 0.6 is 0 Å². The minimum absolute atomic E-state index is 0.0413. The quantitative estimate of drug-likeness (QED) is 0.399. The van der Waals surface area contributed by atoms with Gasteiger partial charge in [0.15, 0.2) is 0 Å². The first kappa shape index (κ1) is 25.0. The molecule has 0 atom stereocenters. The molecular weight excluding hydrogens is 296 g/mol. The Labute approximate surface area is 143 Å². The molecule has 0 spiro atoms. The van der Waals surface area contributed by atoms with Crippen LogP contribution in [0, 0.1) is 0 Å². The Bertz CT molecular complexity index is 161. The standard InChI is InChI=1S/C10H22.C8H18O5/c1-3-5-7-9-10-8-6-4-2;9-1-3-11-5-7-13-8-6-12-4-2-10/h3-10H2,1-2H3;9-10H,1-8H2. The Morgan fingerprint density at radius 1 is 0.478 bits per heavy atom. The Hall–Kier alpha value is -0.200. The third-order valence-electron chi connectivity index (χ3n) is 3.17. The zero-order valence-corrected chi connectivity index (χ0v) is 15.4. The summed E-state index contributed by atoms with van der Waals surface area (Å²) >= 11 is 0. The molecule has 0 fully saturated rings. The van der Waals surface area contributed by atoms with E-state index in [1.807, 2.05) is 0 Å². The van der Waals surface area contributed by atoms with Crippen molar-refractivity contribution in [3.05, 3.63) is 0 Å². The van der Waals surface area contributed by atoms with E-state index in [2.05, 4.69) is 13.8 Å². The van der Waals surface area contributed by atoms with E-state index in [0.717, 1.165) is 0 Å². The van der Waals surface area contributed by atoms with Crippen LogP contribution in [-0.2, 0) is 14.2 Å². The largest absolute Gasteiger partial charge is 0.394 e. The number of hydrogen-bond acceptors (Lipinski definition) is 5. The molecule has 0 aliphatic rings. The highest BCUT2D eigenvalue weighted by atomic mass is 16.5. The summed E-state index contributed by atoms with van der Waals surface area (Å²) in [5.74, 6) is 0. The van der Waals surface area contributed by atoms with Crippen LogP contribution < -0.4 is 0 Å². The van der Waals surface area contributed by atoms with Crippen molar-refractivity contribution < 1.29 is 24.4 Å². The Morgan fingerprint density at radius 2 is 0.783 bits per heavy atom. The molecule has 23 heavy (non-hydrogen) atoms. The fraction of sp³-hybridized carbons (Fsp3) is 1.00. The molecule has 5 heteroatoms. The van der Waals surface area contributed by atoms with Gasteiger partial charge in [-0.3, -0.25) is 0 Å². The molecule has 0 bridgehead atoms. The lowest BCUT2D eigenvalue weighted by atomic mass is 10.1. The molecule has 0 aliphatic carbocycles. The van der Waals surface area contributed by atoms with E-state index >= 15 is 0 Å². The molecule has 0 radical (unpaired) electrons. The molecule has 0 heterocycles. The molecule has 0 unspecified atom stereocenters. The van der Waals surface area contributed by atoms with Gasteiger partial charge in [-0.1, -0.05) is 65.2 Å². The number of aliphatic hydroxyl groups excluding tert-OH is 2. The van der Waals surface area contributed by atoms with E-state index in [0.29, 0.717) is 39.6 Å². The highest BCUT2D eigenvalue weighted by molar-refractivity contribution is 4.43. The van der Waals surface area contributed by atoms with Crippen LogP contribution in [0.3, 0.4) is 0 Å². The second-order valence-corrected chi connectivity index (χ2v) is 5.41. The van der Waals surface area contributed by atoms with E-state index in [-0.39, 0.29) is 13.2 Å². The van der Waals surface area contributed by atoms with Crippen LogP contribution in [0.4, 0.5) is 0 Å². The zero-order chi connectivity index (χ0) is 17.4. The normalized spacial score (nSPS) is 10.4. The summed E-state index contributed by atoms with van der Waals surface area (Å²) in [6.07, 6.45) is 11.5. The first-order valence-electron chi connectivity index (χ1n) is 9.28. The molecule has 2 N–H and O–H groups in total. The van der Waals surface area contributed by atoms with Gasteiger partial charge in [-0.05, 0) is 0 Å². The smallest absolute Gasteiger partial charge is 0.0701 e.